The van der Waals surface area contributed by atoms with Gasteiger partial charge >= 0.3 is 0 Å². The smallest absolute Gasteiger partial charge is 0.273 e. The Hall–Kier alpha value is -2.54. The zero-order valence-electron chi connectivity index (χ0n) is 13.1. The molecule has 122 valence electrons. The molecule has 0 unspecified atom stereocenters. The molecule has 1 aliphatic carbocycles. The number of carbonyl (C=O) groups is 1. The number of aryl methyl sites for hydroxylation is 1. The van der Waals surface area contributed by atoms with Crippen molar-refractivity contribution in [3.05, 3.63) is 52.1 Å². The third kappa shape index (κ3) is 2.94. The molecule has 1 saturated carbocycles. The van der Waals surface area contributed by atoms with E-state index in [1.54, 1.807) is 17.4 Å². The first kappa shape index (κ1) is 15.0. The van der Waals surface area contributed by atoms with Crippen LogP contribution in [0.4, 0.5) is 0 Å². The first-order valence-electron chi connectivity index (χ1n) is 7.82. The molecule has 6 nitrogen and oxygen atoms in total. The van der Waals surface area contributed by atoms with E-state index in [9.17, 15) is 4.79 Å². The molecule has 0 atom stereocenters. The van der Waals surface area contributed by atoms with Crippen LogP contribution in [0.2, 0.25) is 0 Å². The van der Waals surface area contributed by atoms with E-state index in [0.29, 0.717) is 17.4 Å². The molecule has 1 fully saturated rings. The van der Waals surface area contributed by atoms with Gasteiger partial charge in [0.2, 0.25) is 0 Å². The van der Waals surface area contributed by atoms with Gasteiger partial charge in [0, 0.05) is 23.6 Å². The van der Waals surface area contributed by atoms with E-state index in [4.69, 9.17) is 4.52 Å². The summed E-state index contributed by atoms with van der Waals surface area (Å²) in [6, 6.07) is 11.4. The van der Waals surface area contributed by atoms with E-state index in [0.717, 1.165) is 28.4 Å². The molecule has 2 aromatic heterocycles. The molecule has 2 heterocycles. The highest BCUT2D eigenvalue weighted by Crippen LogP contribution is 2.38. The number of benzene rings is 1. The average molecular weight is 340 g/mol. The van der Waals surface area contributed by atoms with Gasteiger partial charge in [-0.2, -0.15) is 0 Å². The van der Waals surface area contributed by atoms with E-state index >= 15 is 0 Å². The van der Waals surface area contributed by atoms with Crippen LogP contribution in [0.1, 0.15) is 39.3 Å². The number of aromatic nitrogens is 3. The van der Waals surface area contributed by atoms with Crippen LogP contribution in [0.3, 0.4) is 0 Å². The molecule has 3 aromatic rings. The van der Waals surface area contributed by atoms with Crippen LogP contribution in [0, 0.1) is 6.92 Å². The van der Waals surface area contributed by atoms with Crippen LogP contribution in [0.15, 0.2) is 40.9 Å². The van der Waals surface area contributed by atoms with Gasteiger partial charge in [0.15, 0.2) is 11.5 Å². The molecule has 0 spiro atoms. The van der Waals surface area contributed by atoms with Gasteiger partial charge in [-0.25, -0.2) is 0 Å². The van der Waals surface area contributed by atoms with Crippen molar-refractivity contribution >= 4 is 17.2 Å². The van der Waals surface area contributed by atoms with E-state index in [1.165, 1.54) is 0 Å². The number of carbonyl (C=O) groups excluding carboxylic acids is 1. The first-order valence-corrected chi connectivity index (χ1v) is 8.63. The van der Waals surface area contributed by atoms with Gasteiger partial charge in [0.1, 0.15) is 10.0 Å². The fourth-order valence-corrected chi connectivity index (χ4v) is 3.62. The number of hydrogen-bond acceptors (Lipinski definition) is 6. The predicted octanol–water partition coefficient (Wildman–Crippen LogP) is 3.18. The maximum absolute atomic E-state index is 12.3. The summed E-state index contributed by atoms with van der Waals surface area (Å²) in [4.78, 5) is 12.3. The lowest BCUT2D eigenvalue weighted by Gasteiger charge is -2.33. The lowest BCUT2D eigenvalue weighted by atomic mass is 9.80. The summed E-state index contributed by atoms with van der Waals surface area (Å²) in [6.45, 7) is 1.95. The molecule has 1 aliphatic rings. The summed E-state index contributed by atoms with van der Waals surface area (Å²) in [7, 11) is 0. The Balaban J connectivity index is 1.35. The molecule has 0 radical (unpaired) electrons. The van der Waals surface area contributed by atoms with Crippen molar-refractivity contribution in [1.29, 1.82) is 0 Å². The van der Waals surface area contributed by atoms with Crippen LogP contribution >= 0.6 is 11.3 Å². The molecule has 1 N–H and O–H groups in total. The van der Waals surface area contributed by atoms with Crippen molar-refractivity contribution in [2.45, 2.75) is 31.7 Å². The molecule has 7 heteroatoms. The Kier molecular flexibility index (Phi) is 3.86. The zero-order valence-corrected chi connectivity index (χ0v) is 13.9. The molecular formula is C17H16N4O2S. The van der Waals surface area contributed by atoms with Crippen molar-refractivity contribution in [3.63, 3.8) is 0 Å². The summed E-state index contributed by atoms with van der Waals surface area (Å²) < 4.78 is 5.27. The second-order valence-electron chi connectivity index (χ2n) is 5.94. The normalized spacial score (nSPS) is 19.7. The highest BCUT2D eigenvalue weighted by molar-refractivity contribution is 7.11. The molecule has 0 saturated heterocycles. The SMILES string of the molecule is Cc1nnc(C2CC(NC(=O)c3cc(-c4ccccc4)on3)C2)s1. The number of hydrogen-bond donors (Lipinski definition) is 1. The number of amides is 1. The van der Waals surface area contributed by atoms with Gasteiger partial charge in [-0.15, -0.1) is 21.5 Å². The summed E-state index contributed by atoms with van der Waals surface area (Å²) >= 11 is 1.63. The highest BCUT2D eigenvalue weighted by atomic mass is 32.1. The van der Waals surface area contributed by atoms with Gasteiger partial charge in [-0.05, 0) is 19.8 Å². The number of nitrogens with zero attached hydrogens (tertiary/aromatic N) is 3. The van der Waals surface area contributed by atoms with Gasteiger partial charge in [0.25, 0.3) is 5.91 Å². The number of nitrogens with one attached hydrogen (secondary N) is 1. The van der Waals surface area contributed by atoms with Crippen molar-refractivity contribution in [3.8, 4) is 11.3 Å². The van der Waals surface area contributed by atoms with Crippen LogP contribution < -0.4 is 5.32 Å². The minimum Gasteiger partial charge on any atom is -0.355 e. The van der Waals surface area contributed by atoms with Gasteiger partial charge in [-0.3, -0.25) is 4.79 Å². The summed E-state index contributed by atoms with van der Waals surface area (Å²) in [6.07, 6.45) is 1.79. The fraction of sp³-hybridized carbons (Fsp3) is 0.294. The van der Waals surface area contributed by atoms with Crippen LogP contribution in [-0.4, -0.2) is 27.3 Å². The molecule has 1 aromatic carbocycles. The van der Waals surface area contributed by atoms with Crippen LogP contribution in [0.25, 0.3) is 11.3 Å². The Morgan fingerprint density at radius 3 is 2.75 bits per heavy atom. The van der Waals surface area contributed by atoms with Crippen LogP contribution in [0.5, 0.6) is 0 Å². The minimum absolute atomic E-state index is 0.156. The Morgan fingerprint density at radius 1 is 1.25 bits per heavy atom. The van der Waals surface area contributed by atoms with Gasteiger partial charge < -0.3 is 9.84 Å². The van der Waals surface area contributed by atoms with E-state index in [2.05, 4.69) is 20.7 Å². The second kappa shape index (κ2) is 6.16. The quantitative estimate of drug-likeness (QED) is 0.789. The lowest BCUT2D eigenvalue weighted by molar-refractivity contribution is 0.0899. The number of rotatable bonds is 4. The lowest BCUT2D eigenvalue weighted by Crippen LogP contribution is -2.43. The zero-order chi connectivity index (χ0) is 16.5. The van der Waals surface area contributed by atoms with Crippen molar-refractivity contribution in [1.82, 2.24) is 20.7 Å². The van der Waals surface area contributed by atoms with Crippen molar-refractivity contribution < 1.29 is 9.32 Å². The third-order valence-electron chi connectivity index (χ3n) is 4.17. The molecule has 4 rings (SSSR count). The Bertz CT molecular complexity index is 852. The maximum atomic E-state index is 12.3. The largest absolute Gasteiger partial charge is 0.355 e. The molecule has 0 bridgehead atoms. The molecule has 1 amide bonds. The first-order chi connectivity index (χ1) is 11.7. The van der Waals surface area contributed by atoms with Gasteiger partial charge in [-0.1, -0.05) is 35.5 Å². The topological polar surface area (TPSA) is 80.9 Å². The Morgan fingerprint density at radius 2 is 2.04 bits per heavy atom. The monoisotopic (exact) mass is 340 g/mol. The maximum Gasteiger partial charge on any atom is 0.273 e. The molecule has 24 heavy (non-hydrogen) atoms. The second-order valence-corrected chi connectivity index (χ2v) is 7.15. The van der Waals surface area contributed by atoms with Crippen molar-refractivity contribution in [2.24, 2.45) is 0 Å². The summed E-state index contributed by atoms with van der Waals surface area (Å²) in [5.41, 5.74) is 1.21. The average Bonchev–Trinajstić information content (AvgIpc) is 3.20. The standard InChI is InChI=1S/C17H16N4O2S/c1-10-19-20-17(24-10)12-7-13(8-12)18-16(22)14-9-15(23-21-14)11-5-3-2-4-6-11/h2-6,9,12-13H,7-8H2,1H3,(H,18,22). The fourth-order valence-electron chi connectivity index (χ4n) is 2.79. The van der Waals surface area contributed by atoms with Crippen molar-refractivity contribution in [2.75, 3.05) is 0 Å². The summed E-state index contributed by atoms with van der Waals surface area (Å²) in [5.74, 6) is 0.799. The molecular weight excluding hydrogens is 324 g/mol. The summed E-state index contributed by atoms with van der Waals surface area (Å²) in [5, 5.41) is 17.1. The van der Waals surface area contributed by atoms with Gasteiger partial charge in [0.05, 0.1) is 0 Å². The van der Waals surface area contributed by atoms with E-state index in [1.807, 2.05) is 37.3 Å². The third-order valence-corrected chi connectivity index (χ3v) is 5.17. The Labute approximate surface area is 142 Å². The highest BCUT2D eigenvalue weighted by Gasteiger charge is 2.34. The van der Waals surface area contributed by atoms with E-state index < -0.39 is 0 Å². The van der Waals surface area contributed by atoms with Crippen LogP contribution in [-0.2, 0) is 0 Å². The minimum atomic E-state index is -0.196. The van der Waals surface area contributed by atoms with E-state index in [-0.39, 0.29) is 11.9 Å². The molecule has 0 aliphatic heterocycles. The predicted molar refractivity (Wildman–Crippen MR) is 89.8 cm³/mol.